The molecule has 1 heterocycles. The minimum Gasteiger partial charge on any atom is -0.497 e. The van der Waals surface area contributed by atoms with Crippen LogP contribution in [0.5, 0.6) is 17.2 Å². The predicted octanol–water partition coefficient (Wildman–Crippen LogP) is 4.77. The predicted molar refractivity (Wildman–Crippen MR) is 110 cm³/mol. The largest absolute Gasteiger partial charge is 0.497 e. The van der Waals surface area contributed by atoms with Crippen LogP contribution in [-0.2, 0) is 0 Å². The number of anilines is 4. The third kappa shape index (κ3) is 4.82. The number of rotatable bonds is 8. The van der Waals surface area contributed by atoms with Crippen molar-refractivity contribution in [3.63, 3.8) is 0 Å². The van der Waals surface area contributed by atoms with Crippen molar-refractivity contribution in [3.8, 4) is 17.2 Å². The summed E-state index contributed by atoms with van der Waals surface area (Å²) in [5.41, 5.74) is 1.58. The van der Waals surface area contributed by atoms with Gasteiger partial charge < -0.3 is 24.8 Å². The van der Waals surface area contributed by atoms with Gasteiger partial charge in [0.25, 0.3) is 0 Å². The number of hydrogen-bond donors (Lipinski definition) is 2. The van der Waals surface area contributed by atoms with Gasteiger partial charge in [0.2, 0.25) is 5.95 Å². The molecule has 0 fully saturated rings. The zero-order chi connectivity index (χ0) is 19.9. The number of nitrogens with one attached hydrogen (secondary N) is 2. The van der Waals surface area contributed by atoms with Crippen LogP contribution in [0.2, 0.25) is 0 Å². The molecule has 2 N–H and O–H groups in total. The molecule has 3 rings (SSSR count). The first-order valence-electron chi connectivity index (χ1n) is 8.94. The van der Waals surface area contributed by atoms with E-state index in [-0.39, 0.29) is 6.10 Å². The van der Waals surface area contributed by atoms with Crippen LogP contribution in [0, 0.1) is 0 Å². The van der Waals surface area contributed by atoms with Gasteiger partial charge in [0, 0.05) is 12.3 Å². The SMILES string of the molecule is COc1ccc(Nc2nccc(Nc3ccccc3OC(C)C)n2)c(OC)c1. The van der Waals surface area contributed by atoms with Crippen LogP contribution in [0.15, 0.2) is 54.7 Å². The van der Waals surface area contributed by atoms with Gasteiger partial charge in [-0.2, -0.15) is 4.98 Å². The second-order valence-electron chi connectivity index (χ2n) is 6.24. The standard InChI is InChI=1S/C21H24N4O3/c1-14(2)28-18-8-6-5-7-16(18)23-20-11-12-22-21(25-20)24-17-10-9-15(26-3)13-19(17)27-4/h5-14H,1-4H3,(H2,22,23,24,25). The van der Waals surface area contributed by atoms with Gasteiger partial charge in [0.05, 0.1) is 31.7 Å². The lowest BCUT2D eigenvalue weighted by molar-refractivity contribution is 0.244. The van der Waals surface area contributed by atoms with E-state index in [4.69, 9.17) is 14.2 Å². The number of methoxy groups -OCH3 is 2. The van der Waals surface area contributed by atoms with E-state index in [1.54, 1.807) is 32.5 Å². The molecule has 0 saturated carbocycles. The van der Waals surface area contributed by atoms with E-state index in [0.29, 0.717) is 23.3 Å². The minimum atomic E-state index is 0.0770. The molecule has 0 atom stereocenters. The molecule has 7 heteroatoms. The molecule has 7 nitrogen and oxygen atoms in total. The molecule has 0 saturated heterocycles. The normalized spacial score (nSPS) is 10.5. The fraction of sp³-hybridized carbons (Fsp3) is 0.238. The van der Waals surface area contributed by atoms with E-state index in [1.165, 1.54) is 0 Å². The number of nitrogens with zero attached hydrogens (tertiary/aromatic N) is 2. The first-order valence-corrected chi connectivity index (χ1v) is 8.94. The Balaban J connectivity index is 1.80. The van der Waals surface area contributed by atoms with Crippen molar-refractivity contribution in [3.05, 3.63) is 54.7 Å². The molecule has 0 amide bonds. The molecular formula is C21H24N4O3. The highest BCUT2D eigenvalue weighted by Crippen LogP contribution is 2.31. The highest BCUT2D eigenvalue weighted by atomic mass is 16.5. The fourth-order valence-electron chi connectivity index (χ4n) is 2.58. The zero-order valence-corrected chi connectivity index (χ0v) is 16.4. The summed E-state index contributed by atoms with van der Waals surface area (Å²) in [4.78, 5) is 8.81. The van der Waals surface area contributed by atoms with Crippen molar-refractivity contribution in [1.29, 1.82) is 0 Å². The highest BCUT2D eigenvalue weighted by Gasteiger charge is 2.09. The van der Waals surface area contributed by atoms with E-state index in [1.807, 2.05) is 50.2 Å². The Morgan fingerprint density at radius 2 is 1.64 bits per heavy atom. The Morgan fingerprint density at radius 1 is 0.857 bits per heavy atom. The molecule has 28 heavy (non-hydrogen) atoms. The van der Waals surface area contributed by atoms with Gasteiger partial charge in [-0.3, -0.25) is 0 Å². The maximum atomic E-state index is 5.85. The topological polar surface area (TPSA) is 77.5 Å². The second kappa shape index (κ2) is 8.94. The summed E-state index contributed by atoms with van der Waals surface area (Å²) in [5, 5.41) is 6.46. The third-order valence-electron chi connectivity index (χ3n) is 3.82. The summed E-state index contributed by atoms with van der Waals surface area (Å²) >= 11 is 0. The molecule has 1 aromatic heterocycles. The molecule has 0 aliphatic rings. The average Bonchev–Trinajstić information content (AvgIpc) is 2.70. The molecular weight excluding hydrogens is 356 g/mol. The van der Waals surface area contributed by atoms with Gasteiger partial charge in [-0.25, -0.2) is 4.98 Å². The van der Waals surface area contributed by atoms with Gasteiger partial charge in [-0.1, -0.05) is 12.1 Å². The smallest absolute Gasteiger partial charge is 0.229 e. The van der Waals surface area contributed by atoms with E-state index in [0.717, 1.165) is 17.1 Å². The Bertz CT molecular complexity index is 931. The minimum absolute atomic E-state index is 0.0770. The van der Waals surface area contributed by atoms with Crippen molar-refractivity contribution < 1.29 is 14.2 Å². The lowest BCUT2D eigenvalue weighted by atomic mass is 10.2. The molecule has 3 aromatic rings. The first kappa shape index (κ1) is 19.3. The Morgan fingerprint density at radius 3 is 2.39 bits per heavy atom. The lowest BCUT2D eigenvalue weighted by Gasteiger charge is -2.15. The fourth-order valence-corrected chi connectivity index (χ4v) is 2.58. The van der Waals surface area contributed by atoms with Crippen molar-refractivity contribution in [2.24, 2.45) is 0 Å². The highest BCUT2D eigenvalue weighted by molar-refractivity contribution is 5.67. The first-order chi connectivity index (χ1) is 13.6. The third-order valence-corrected chi connectivity index (χ3v) is 3.82. The number of benzene rings is 2. The van der Waals surface area contributed by atoms with Crippen molar-refractivity contribution >= 4 is 23.1 Å². The van der Waals surface area contributed by atoms with Gasteiger partial charge in [-0.05, 0) is 44.2 Å². The van der Waals surface area contributed by atoms with Crippen molar-refractivity contribution in [2.45, 2.75) is 20.0 Å². The van der Waals surface area contributed by atoms with Crippen LogP contribution in [0.1, 0.15) is 13.8 Å². The van der Waals surface area contributed by atoms with Gasteiger partial charge >= 0.3 is 0 Å². The molecule has 0 aliphatic heterocycles. The molecule has 2 aromatic carbocycles. The lowest BCUT2D eigenvalue weighted by Crippen LogP contribution is -2.08. The van der Waals surface area contributed by atoms with Crippen LogP contribution < -0.4 is 24.8 Å². The van der Waals surface area contributed by atoms with Crippen LogP contribution in [0.3, 0.4) is 0 Å². The number of aromatic nitrogens is 2. The van der Waals surface area contributed by atoms with Crippen LogP contribution >= 0.6 is 0 Å². The summed E-state index contributed by atoms with van der Waals surface area (Å²) in [7, 11) is 3.21. The maximum Gasteiger partial charge on any atom is 0.229 e. The Hall–Kier alpha value is -3.48. The van der Waals surface area contributed by atoms with E-state index in [9.17, 15) is 0 Å². The number of para-hydroxylation sites is 2. The Kier molecular flexibility index (Phi) is 6.16. The van der Waals surface area contributed by atoms with Crippen LogP contribution in [-0.4, -0.2) is 30.3 Å². The summed E-state index contributed by atoms with van der Waals surface area (Å²) in [5.74, 6) is 3.19. The number of ether oxygens (including phenoxy) is 3. The molecule has 0 unspecified atom stereocenters. The second-order valence-corrected chi connectivity index (χ2v) is 6.24. The summed E-state index contributed by atoms with van der Waals surface area (Å²) < 4.78 is 16.5. The molecule has 0 radical (unpaired) electrons. The summed E-state index contributed by atoms with van der Waals surface area (Å²) in [6.45, 7) is 3.98. The van der Waals surface area contributed by atoms with Gasteiger partial charge in [0.15, 0.2) is 0 Å². The molecule has 0 bridgehead atoms. The average molecular weight is 380 g/mol. The van der Waals surface area contributed by atoms with Gasteiger partial charge in [0.1, 0.15) is 23.1 Å². The van der Waals surface area contributed by atoms with Crippen LogP contribution in [0.25, 0.3) is 0 Å². The van der Waals surface area contributed by atoms with E-state index in [2.05, 4.69) is 20.6 Å². The molecule has 0 spiro atoms. The molecule has 146 valence electrons. The summed E-state index contributed by atoms with van der Waals surface area (Å²) in [6, 6.07) is 15.0. The zero-order valence-electron chi connectivity index (χ0n) is 16.4. The van der Waals surface area contributed by atoms with E-state index < -0.39 is 0 Å². The molecule has 0 aliphatic carbocycles. The Labute approximate surface area is 164 Å². The number of hydrogen-bond acceptors (Lipinski definition) is 7. The monoisotopic (exact) mass is 380 g/mol. The maximum absolute atomic E-state index is 5.85. The summed E-state index contributed by atoms with van der Waals surface area (Å²) in [6.07, 6.45) is 1.76. The van der Waals surface area contributed by atoms with Crippen molar-refractivity contribution in [2.75, 3.05) is 24.9 Å². The van der Waals surface area contributed by atoms with Gasteiger partial charge in [-0.15, -0.1) is 0 Å². The van der Waals surface area contributed by atoms with Crippen LogP contribution in [0.4, 0.5) is 23.1 Å². The quantitative estimate of drug-likeness (QED) is 0.583. The van der Waals surface area contributed by atoms with Crippen molar-refractivity contribution in [1.82, 2.24) is 9.97 Å². The van der Waals surface area contributed by atoms with E-state index >= 15 is 0 Å².